The highest BCUT2D eigenvalue weighted by Crippen LogP contribution is 2.32. The second kappa shape index (κ2) is 7.42. The molecule has 2 nitrogen and oxygen atoms in total. The largest absolute Gasteiger partial charge is 0.301 e. The molecule has 21 heavy (non-hydrogen) atoms. The van der Waals surface area contributed by atoms with Crippen molar-refractivity contribution < 1.29 is 4.79 Å². The van der Waals surface area contributed by atoms with Crippen LogP contribution in [-0.4, -0.2) is 24.3 Å². The van der Waals surface area contributed by atoms with Crippen molar-refractivity contribution in [3.8, 4) is 0 Å². The quantitative estimate of drug-likeness (QED) is 0.803. The molecule has 0 N–H and O–H groups in total. The molecule has 0 aliphatic heterocycles. The number of carbonyl (C=O) groups excluding carboxylic acids is 1. The van der Waals surface area contributed by atoms with E-state index in [-0.39, 0.29) is 5.92 Å². The van der Waals surface area contributed by atoms with Gasteiger partial charge in [0.15, 0.2) is 0 Å². The van der Waals surface area contributed by atoms with E-state index < -0.39 is 0 Å². The van der Waals surface area contributed by atoms with Gasteiger partial charge in [-0.1, -0.05) is 37.6 Å². The Morgan fingerprint density at radius 3 is 2.57 bits per heavy atom. The number of carbonyl (C=O) groups is 1. The maximum Gasteiger partial charge on any atom is 0.137 e. The lowest BCUT2D eigenvalue weighted by molar-refractivity contribution is -0.126. The van der Waals surface area contributed by atoms with Gasteiger partial charge in [-0.25, -0.2) is 0 Å². The summed E-state index contributed by atoms with van der Waals surface area (Å²) in [7, 11) is 2.10. The van der Waals surface area contributed by atoms with Gasteiger partial charge in [0, 0.05) is 30.5 Å². The van der Waals surface area contributed by atoms with Gasteiger partial charge in [0.05, 0.1) is 0 Å². The highest BCUT2D eigenvalue weighted by molar-refractivity contribution is 6.30. The van der Waals surface area contributed by atoms with Gasteiger partial charge in [-0.05, 0) is 49.4 Å². The normalized spacial score (nSPS) is 23.0. The molecule has 1 aromatic rings. The molecule has 1 fully saturated rings. The molecule has 2 rings (SSSR count). The van der Waals surface area contributed by atoms with Crippen LogP contribution in [0.15, 0.2) is 24.3 Å². The number of nitrogens with zero attached hydrogens (tertiary/aromatic N) is 1. The average Bonchev–Trinajstić information content (AvgIpc) is 2.43. The second-order valence-corrected chi connectivity index (χ2v) is 7.20. The Kier molecular flexibility index (Phi) is 5.83. The van der Waals surface area contributed by atoms with Gasteiger partial charge in [-0.15, -0.1) is 0 Å². The molecule has 0 saturated heterocycles. The number of hydrogen-bond donors (Lipinski definition) is 0. The highest BCUT2D eigenvalue weighted by atomic mass is 35.5. The molecule has 2 unspecified atom stereocenters. The van der Waals surface area contributed by atoms with Crippen molar-refractivity contribution in [1.29, 1.82) is 0 Å². The maximum absolute atomic E-state index is 12.2. The monoisotopic (exact) mass is 307 g/mol. The summed E-state index contributed by atoms with van der Waals surface area (Å²) >= 11 is 5.91. The highest BCUT2D eigenvalue weighted by Gasteiger charge is 2.30. The zero-order chi connectivity index (χ0) is 15.4. The average molecular weight is 308 g/mol. The predicted molar refractivity (Wildman–Crippen MR) is 88.5 cm³/mol. The molecule has 116 valence electrons. The number of ketones is 1. The fourth-order valence-electron chi connectivity index (χ4n) is 3.27. The predicted octanol–water partition coefficient (Wildman–Crippen LogP) is 4.41. The molecule has 0 radical (unpaired) electrons. The van der Waals surface area contributed by atoms with E-state index >= 15 is 0 Å². The van der Waals surface area contributed by atoms with Gasteiger partial charge >= 0.3 is 0 Å². The maximum atomic E-state index is 12.2. The Balaban J connectivity index is 1.90. The van der Waals surface area contributed by atoms with Crippen LogP contribution in [0, 0.1) is 17.8 Å². The van der Waals surface area contributed by atoms with Crippen molar-refractivity contribution >= 4 is 17.4 Å². The van der Waals surface area contributed by atoms with Crippen LogP contribution in [0.25, 0.3) is 0 Å². The summed E-state index contributed by atoms with van der Waals surface area (Å²) in [4.78, 5) is 14.4. The standard InChI is InChI=1S/C18H26ClNO/c1-13(2)15-6-9-18(21)16(10-15)12-20(3)11-14-4-7-17(19)8-5-14/h4-5,7-8,13,15-16H,6,9-12H2,1-3H3. The van der Waals surface area contributed by atoms with Gasteiger partial charge in [0.1, 0.15) is 5.78 Å². The molecule has 1 saturated carbocycles. The van der Waals surface area contributed by atoms with Crippen LogP contribution in [-0.2, 0) is 11.3 Å². The van der Waals surface area contributed by atoms with Crippen molar-refractivity contribution in [3.05, 3.63) is 34.9 Å². The van der Waals surface area contributed by atoms with E-state index in [4.69, 9.17) is 11.6 Å². The summed E-state index contributed by atoms with van der Waals surface area (Å²) in [5, 5.41) is 0.767. The molecule has 0 heterocycles. The first-order valence-corrected chi connectivity index (χ1v) is 8.29. The van der Waals surface area contributed by atoms with Gasteiger partial charge < -0.3 is 4.90 Å². The van der Waals surface area contributed by atoms with Crippen LogP contribution in [0.3, 0.4) is 0 Å². The smallest absolute Gasteiger partial charge is 0.137 e. The van der Waals surface area contributed by atoms with Crippen molar-refractivity contribution in [2.75, 3.05) is 13.6 Å². The molecule has 0 aromatic heterocycles. The number of halogens is 1. The van der Waals surface area contributed by atoms with Crippen molar-refractivity contribution in [2.45, 2.75) is 39.7 Å². The van der Waals surface area contributed by atoms with Crippen molar-refractivity contribution in [3.63, 3.8) is 0 Å². The third-order valence-corrected chi connectivity index (χ3v) is 4.90. The topological polar surface area (TPSA) is 20.3 Å². The van der Waals surface area contributed by atoms with E-state index in [2.05, 4.69) is 37.9 Å². The number of rotatable bonds is 5. The van der Waals surface area contributed by atoms with Crippen LogP contribution in [0.2, 0.25) is 5.02 Å². The first-order chi connectivity index (χ1) is 9.95. The first kappa shape index (κ1) is 16.5. The zero-order valence-electron chi connectivity index (χ0n) is 13.3. The summed E-state index contributed by atoms with van der Waals surface area (Å²) in [6.07, 6.45) is 2.90. The summed E-state index contributed by atoms with van der Waals surface area (Å²) in [6.45, 7) is 6.28. The van der Waals surface area contributed by atoms with E-state index in [1.165, 1.54) is 5.56 Å². The van der Waals surface area contributed by atoms with Gasteiger partial charge in [0.25, 0.3) is 0 Å². The number of hydrogen-bond acceptors (Lipinski definition) is 2. The third-order valence-electron chi connectivity index (χ3n) is 4.64. The molecular weight excluding hydrogens is 282 g/mol. The number of benzene rings is 1. The van der Waals surface area contributed by atoms with E-state index in [1.54, 1.807) is 0 Å². The van der Waals surface area contributed by atoms with Crippen LogP contribution < -0.4 is 0 Å². The van der Waals surface area contributed by atoms with E-state index in [0.717, 1.165) is 37.4 Å². The molecule has 0 amide bonds. The van der Waals surface area contributed by atoms with E-state index in [0.29, 0.717) is 17.6 Å². The second-order valence-electron chi connectivity index (χ2n) is 6.76. The fraction of sp³-hybridized carbons (Fsp3) is 0.611. The van der Waals surface area contributed by atoms with Crippen molar-refractivity contribution in [1.82, 2.24) is 4.90 Å². The van der Waals surface area contributed by atoms with Crippen LogP contribution in [0.4, 0.5) is 0 Å². The molecule has 2 atom stereocenters. The Hall–Kier alpha value is -0.860. The third kappa shape index (κ3) is 4.82. The van der Waals surface area contributed by atoms with Crippen LogP contribution >= 0.6 is 11.6 Å². The fourth-order valence-corrected chi connectivity index (χ4v) is 3.40. The summed E-state index contributed by atoms with van der Waals surface area (Å²) in [5.74, 6) is 2.05. The Bertz CT molecular complexity index is 469. The molecule has 1 aromatic carbocycles. The minimum absolute atomic E-state index is 0.212. The minimum Gasteiger partial charge on any atom is -0.301 e. The Morgan fingerprint density at radius 2 is 1.95 bits per heavy atom. The lowest BCUT2D eigenvalue weighted by Crippen LogP contribution is -2.35. The lowest BCUT2D eigenvalue weighted by Gasteiger charge is -2.33. The number of Topliss-reactive ketones (excluding diaryl/α,β-unsaturated/α-hetero) is 1. The molecule has 1 aliphatic rings. The van der Waals surface area contributed by atoms with Crippen molar-refractivity contribution in [2.24, 2.45) is 17.8 Å². The van der Waals surface area contributed by atoms with E-state index in [1.807, 2.05) is 12.1 Å². The van der Waals surface area contributed by atoms with Gasteiger partial charge in [0.2, 0.25) is 0 Å². The minimum atomic E-state index is 0.212. The summed E-state index contributed by atoms with van der Waals surface area (Å²) in [5.41, 5.74) is 1.24. The summed E-state index contributed by atoms with van der Waals surface area (Å²) in [6, 6.07) is 7.95. The molecule has 3 heteroatoms. The van der Waals surface area contributed by atoms with Gasteiger partial charge in [-0.3, -0.25) is 4.79 Å². The molecule has 1 aliphatic carbocycles. The van der Waals surface area contributed by atoms with E-state index in [9.17, 15) is 4.79 Å². The summed E-state index contributed by atoms with van der Waals surface area (Å²) < 4.78 is 0. The zero-order valence-corrected chi connectivity index (χ0v) is 14.1. The molecule has 0 bridgehead atoms. The van der Waals surface area contributed by atoms with Gasteiger partial charge in [-0.2, -0.15) is 0 Å². The Morgan fingerprint density at radius 1 is 1.29 bits per heavy atom. The van der Waals surface area contributed by atoms with Crippen LogP contribution in [0.5, 0.6) is 0 Å². The van der Waals surface area contributed by atoms with Crippen LogP contribution in [0.1, 0.15) is 38.7 Å². The SMILES string of the molecule is CC(C)C1CCC(=O)C(CN(C)Cc2ccc(Cl)cc2)C1. The lowest BCUT2D eigenvalue weighted by atomic mass is 9.75. The Labute approximate surface area is 133 Å². The molecule has 0 spiro atoms. The molecular formula is C18H26ClNO. The first-order valence-electron chi connectivity index (χ1n) is 7.91.